The number of carbonyl (C=O) groups excluding carboxylic acids is 3. The number of benzene rings is 2. The van der Waals surface area contributed by atoms with Crippen LogP contribution in [0.1, 0.15) is 45.2 Å². The van der Waals surface area contributed by atoms with Crippen molar-refractivity contribution < 1.29 is 19.1 Å². The third-order valence-corrected chi connectivity index (χ3v) is 7.20. The average molecular weight is 506 g/mol. The predicted molar refractivity (Wildman–Crippen MR) is 146 cm³/mol. The van der Waals surface area contributed by atoms with E-state index in [2.05, 4.69) is 56.1 Å². The highest BCUT2D eigenvalue weighted by atomic mass is 32.2. The summed E-state index contributed by atoms with van der Waals surface area (Å²) in [6.45, 7) is 9.29. The maximum atomic E-state index is 13.0. The molecule has 1 fully saturated rings. The van der Waals surface area contributed by atoms with Crippen molar-refractivity contribution >= 4 is 51.8 Å². The van der Waals surface area contributed by atoms with Crippen molar-refractivity contribution in [1.82, 2.24) is 4.90 Å². The number of nitrogens with one attached hydrogen (secondary N) is 1. The maximum absolute atomic E-state index is 13.0. The lowest BCUT2D eigenvalue weighted by Gasteiger charge is -2.43. The zero-order chi connectivity index (χ0) is 26.0. The molecule has 2 aromatic carbocycles. The second-order valence-corrected chi connectivity index (χ2v) is 10.4. The number of imide groups is 1. The summed E-state index contributed by atoms with van der Waals surface area (Å²) in [5.41, 5.74) is 4.79. The van der Waals surface area contributed by atoms with Crippen molar-refractivity contribution in [3.63, 3.8) is 0 Å². The number of fused-ring (bicyclic) bond motifs is 1. The van der Waals surface area contributed by atoms with Crippen molar-refractivity contribution in [2.24, 2.45) is 0 Å². The minimum absolute atomic E-state index is 0.0797. The highest BCUT2D eigenvalue weighted by Crippen LogP contribution is 2.40. The lowest BCUT2D eigenvalue weighted by molar-refractivity contribution is -0.127. The Labute approximate surface area is 216 Å². The Kier molecular flexibility index (Phi) is 7.26. The van der Waals surface area contributed by atoms with Gasteiger partial charge in [-0.3, -0.25) is 19.3 Å². The van der Waals surface area contributed by atoms with Crippen LogP contribution in [0, 0.1) is 0 Å². The van der Waals surface area contributed by atoms with Gasteiger partial charge in [0.25, 0.3) is 11.1 Å². The summed E-state index contributed by atoms with van der Waals surface area (Å²) in [6, 6.07) is 12.9. The molecule has 1 saturated heterocycles. The number of hydrogen-bond acceptors (Lipinski definition) is 6. The molecule has 2 heterocycles. The van der Waals surface area contributed by atoms with Gasteiger partial charge < -0.3 is 15.0 Å². The molecule has 2 aliphatic heterocycles. The van der Waals surface area contributed by atoms with Gasteiger partial charge in [0, 0.05) is 23.5 Å². The molecule has 0 aliphatic carbocycles. The minimum Gasteiger partial charge on any atom is -0.497 e. The molecule has 8 heteroatoms. The summed E-state index contributed by atoms with van der Waals surface area (Å²) in [7, 11) is 1.56. The van der Waals surface area contributed by atoms with Crippen LogP contribution in [0.5, 0.6) is 5.75 Å². The second kappa shape index (κ2) is 10.2. The Bertz CT molecular complexity index is 1260. The first-order valence-corrected chi connectivity index (χ1v) is 12.8. The Hall–Kier alpha value is -3.52. The summed E-state index contributed by atoms with van der Waals surface area (Å²) >= 11 is 0.853. The third-order valence-electron chi connectivity index (χ3n) is 6.30. The summed E-state index contributed by atoms with van der Waals surface area (Å²) in [6.07, 6.45) is 5.03. The second-order valence-electron chi connectivity index (χ2n) is 9.45. The van der Waals surface area contributed by atoms with E-state index in [0.717, 1.165) is 40.8 Å². The van der Waals surface area contributed by atoms with E-state index in [9.17, 15) is 14.4 Å². The first-order valence-electron chi connectivity index (χ1n) is 11.9. The molecule has 0 aromatic heterocycles. The number of nitrogens with zero attached hydrogens (tertiary/aromatic N) is 2. The zero-order valence-electron chi connectivity index (χ0n) is 21.3. The van der Waals surface area contributed by atoms with Crippen LogP contribution < -0.4 is 15.0 Å². The summed E-state index contributed by atoms with van der Waals surface area (Å²) < 4.78 is 5.11. The highest BCUT2D eigenvalue weighted by molar-refractivity contribution is 8.18. The number of hydrogen-bond donors (Lipinski definition) is 1. The number of methoxy groups -OCH3 is 1. The third kappa shape index (κ3) is 5.18. The van der Waals surface area contributed by atoms with Crippen LogP contribution in [0.25, 0.3) is 11.6 Å². The van der Waals surface area contributed by atoms with Crippen molar-refractivity contribution in [1.29, 1.82) is 0 Å². The number of ether oxygens (including phenoxy) is 1. The molecule has 0 spiro atoms. The molecule has 1 N–H and O–H groups in total. The number of carbonyl (C=O) groups is 3. The number of thioether (sulfide) groups is 1. The number of amides is 3. The van der Waals surface area contributed by atoms with Crippen molar-refractivity contribution in [2.75, 3.05) is 30.4 Å². The Morgan fingerprint density at radius 3 is 2.53 bits per heavy atom. The van der Waals surface area contributed by atoms with E-state index >= 15 is 0 Å². The lowest BCUT2D eigenvalue weighted by atomic mass is 9.88. The molecular formula is C28H31N3O4S. The van der Waals surface area contributed by atoms with E-state index in [4.69, 9.17) is 4.74 Å². The van der Waals surface area contributed by atoms with Gasteiger partial charge in [-0.15, -0.1) is 0 Å². The lowest BCUT2D eigenvalue weighted by Crippen LogP contribution is -2.45. The molecule has 0 unspecified atom stereocenters. The van der Waals surface area contributed by atoms with Crippen molar-refractivity contribution in [2.45, 2.75) is 39.7 Å². The summed E-state index contributed by atoms with van der Waals surface area (Å²) in [4.78, 5) is 41.7. The minimum atomic E-state index is -0.464. The molecule has 0 saturated carbocycles. The van der Waals surface area contributed by atoms with E-state index < -0.39 is 17.1 Å². The monoisotopic (exact) mass is 505 g/mol. The van der Waals surface area contributed by atoms with Crippen LogP contribution in [0.2, 0.25) is 0 Å². The first-order chi connectivity index (χ1) is 17.1. The van der Waals surface area contributed by atoms with Gasteiger partial charge in [0.1, 0.15) is 12.3 Å². The standard InChI is InChI=1S/C28H31N3O4S/c1-6-13-31-23-12-7-19(14-22(23)18(2)16-28(31,3)4)15-24-26(33)30(27(34)36-24)17-25(32)29-20-8-10-21(35-5)11-9-20/h7-12,14-16H,6,13,17H2,1-5H3,(H,29,32)/b24-15+. The van der Waals surface area contributed by atoms with Gasteiger partial charge in [0.15, 0.2) is 0 Å². The molecule has 2 aromatic rings. The molecule has 36 heavy (non-hydrogen) atoms. The molecule has 4 rings (SSSR count). The summed E-state index contributed by atoms with van der Waals surface area (Å²) in [5, 5.41) is 2.25. The number of allylic oxidation sites excluding steroid dienone is 1. The van der Waals surface area contributed by atoms with Crippen LogP contribution in [0.3, 0.4) is 0 Å². The van der Waals surface area contributed by atoms with Gasteiger partial charge in [-0.2, -0.15) is 0 Å². The van der Waals surface area contributed by atoms with Crippen LogP contribution in [0.15, 0.2) is 53.4 Å². The van der Waals surface area contributed by atoms with Crippen LogP contribution in [-0.4, -0.2) is 47.7 Å². The number of rotatable bonds is 7. The molecule has 0 atom stereocenters. The maximum Gasteiger partial charge on any atom is 0.294 e. The van der Waals surface area contributed by atoms with Gasteiger partial charge in [-0.1, -0.05) is 19.1 Å². The fraction of sp³-hybridized carbons (Fsp3) is 0.321. The Morgan fingerprint density at radius 2 is 1.86 bits per heavy atom. The zero-order valence-corrected chi connectivity index (χ0v) is 22.1. The van der Waals surface area contributed by atoms with Gasteiger partial charge >= 0.3 is 0 Å². The number of anilines is 2. The van der Waals surface area contributed by atoms with Crippen molar-refractivity contribution in [3.05, 3.63) is 64.6 Å². The molecule has 3 amide bonds. The molecule has 7 nitrogen and oxygen atoms in total. The quantitative estimate of drug-likeness (QED) is 0.481. The van der Waals surface area contributed by atoms with Crippen molar-refractivity contribution in [3.8, 4) is 5.75 Å². The normalized spacial score (nSPS) is 17.8. The van der Waals surface area contributed by atoms with E-state index in [-0.39, 0.29) is 12.1 Å². The Balaban J connectivity index is 1.50. The van der Waals surface area contributed by atoms with Gasteiger partial charge in [-0.05, 0) is 92.6 Å². The fourth-order valence-electron chi connectivity index (χ4n) is 4.63. The highest BCUT2D eigenvalue weighted by Gasteiger charge is 2.36. The molecule has 188 valence electrons. The van der Waals surface area contributed by atoms with Gasteiger partial charge in [-0.25, -0.2) is 0 Å². The fourth-order valence-corrected chi connectivity index (χ4v) is 5.47. The molecule has 2 aliphatic rings. The molecular weight excluding hydrogens is 474 g/mol. The largest absolute Gasteiger partial charge is 0.497 e. The summed E-state index contributed by atoms with van der Waals surface area (Å²) in [5.74, 6) is -0.246. The van der Waals surface area contributed by atoms with Gasteiger partial charge in [0.05, 0.1) is 17.6 Å². The van der Waals surface area contributed by atoms with Crippen LogP contribution in [-0.2, 0) is 9.59 Å². The molecule has 0 radical (unpaired) electrons. The first kappa shape index (κ1) is 25.6. The van der Waals surface area contributed by atoms with Crippen LogP contribution >= 0.6 is 11.8 Å². The Morgan fingerprint density at radius 1 is 1.14 bits per heavy atom. The topological polar surface area (TPSA) is 79.0 Å². The van der Waals surface area contributed by atoms with Crippen LogP contribution in [0.4, 0.5) is 16.2 Å². The van der Waals surface area contributed by atoms with E-state index in [1.165, 1.54) is 11.3 Å². The van der Waals surface area contributed by atoms with E-state index in [1.807, 2.05) is 6.07 Å². The smallest absolute Gasteiger partial charge is 0.294 e. The van der Waals surface area contributed by atoms with E-state index in [1.54, 1.807) is 37.5 Å². The average Bonchev–Trinajstić information content (AvgIpc) is 3.09. The SMILES string of the molecule is CCCN1c2ccc(/C=C3/SC(=O)N(CC(=O)Nc4ccc(OC)cc4)C3=O)cc2C(C)=CC1(C)C. The molecule has 0 bridgehead atoms. The predicted octanol–water partition coefficient (Wildman–Crippen LogP) is 5.78. The van der Waals surface area contributed by atoms with Gasteiger partial charge in [0.2, 0.25) is 5.91 Å². The van der Waals surface area contributed by atoms with E-state index in [0.29, 0.717) is 16.3 Å².